The van der Waals surface area contributed by atoms with Crippen molar-refractivity contribution in [2.24, 2.45) is 0 Å². The number of alkyl halides is 1. The van der Waals surface area contributed by atoms with Crippen LogP contribution in [0.5, 0.6) is 0 Å². The van der Waals surface area contributed by atoms with Gasteiger partial charge in [-0.05, 0) is 6.92 Å². The van der Waals surface area contributed by atoms with Crippen LogP contribution in [0.25, 0.3) is 0 Å². The molecule has 0 rings (SSSR count). The van der Waals surface area contributed by atoms with Crippen molar-refractivity contribution in [1.82, 2.24) is 4.90 Å². The second-order valence-electron chi connectivity index (χ2n) is 2.99. The molecule has 0 aliphatic heterocycles. The first-order chi connectivity index (χ1) is 6.17. The molecular formula is C10H18ClNO. The Labute approximate surface area is 85.5 Å². The first-order valence-electron chi connectivity index (χ1n) is 4.37. The molecule has 0 aromatic heterocycles. The Hall–Kier alpha value is -0.310. The van der Waals surface area contributed by atoms with Crippen LogP contribution in [0.3, 0.4) is 0 Å². The zero-order valence-electron chi connectivity index (χ0n) is 8.12. The third kappa shape index (κ3) is 4.46. The van der Waals surface area contributed by atoms with Gasteiger partial charge in [0.05, 0.1) is 6.10 Å². The third-order valence-electron chi connectivity index (χ3n) is 2.02. The molecule has 13 heavy (non-hydrogen) atoms. The number of hydrogen-bond donors (Lipinski definition) is 1. The highest BCUT2D eigenvalue weighted by Gasteiger charge is 2.18. The fourth-order valence-electron chi connectivity index (χ4n) is 1.11. The number of aliphatic hydroxyl groups is 1. The summed E-state index contributed by atoms with van der Waals surface area (Å²) in [6, 6.07) is 0.0356. The second kappa shape index (κ2) is 7.13. The molecule has 2 nitrogen and oxygen atoms in total. The zero-order valence-corrected chi connectivity index (χ0v) is 8.87. The smallest absolute Gasteiger partial charge is 0.0827 e. The molecule has 0 fully saturated rings. The average Bonchev–Trinajstić information content (AvgIpc) is 2.15. The Bertz CT molecular complexity index is 151. The fourth-order valence-corrected chi connectivity index (χ4v) is 1.37. The Kier molecular flexibility index (Phi) is 6.96. The second-order valence-corrected chi connectivity index (χ2v) is 3.30. The summed E-state index contributed by atoms with van der Waals surface area (Å²) in [5, 5.41) is 9.51. The largest absolute Gasteiger partial charge is 0.390 e. The van der Waals surface area contributed by atoms with Gasteiger partial charge in [0.15, 0.2) is 0 Å². The lowest BCUT2D eigenvalue weighted by atomic mass is 10.2. The Balaban J connectivity index is 4.15. The van der Waals surface area contributed by atoms with Crippen LogP contribution >= 0.6 is 11.6 Å². The monoisotopic (exact) mass is 203 g/mol. The summed E-state index contributed by atoms with van der Waals surface area (Å²) in [7, 11) is 0. The summed E-state index contributed by atoms with van der Waals surface area (Å²) < 4.78 is 0. The van der Waals surface area contributed by atoms with E-state index in [2.05, 4.69) is 18.1 Å². The van der Waals surface area contributed by atoms with Gasteiger partial charge >= 0.3 is 0 Å². The van der Waals surface area contributed by atoms with Gasteiger partial charge in [-0.2, -0.15) is 0 Å². The van der Waals surface area contributed by atoms with Crippen molar-refractivity contribution < 1.29 is 5.11 Å². The summed E-state index contributed by atoms with van der Waals surface area (Å²) in [5.41, 5.74) is 0. The molecule has 0 bridgehead atoms. The van der Waals surface area contributed by atoms with E-state index in [1.807, 2.05) is 6.92 Å². The fraction of sp³-hybridized carbons (Fsp3) is 0.600. The van der Waals surface area contributed by atoms with Crippen LogP contribution in [0.1, 0.15) is 6.92 Å². The third-order valence-corrected chi connectivity index (χ3v) is 2.33. The molecule has 0 aliphatic rings. The first-order valence-corrected chi connectivity index (χ1v) is 4.90. The minimum absolute atomic E-state index is 0.0356. The minimum atomic E-state index is -0.499. The Morgan fingerprint density at radius 1 is 1.38 bits per heavy atom. The van der Waals surface area contributed by atoms with E-state index in [1.165, 1.54) is 0 Å². The molecule has 0 aromatic rings. The van der Waals surface area contributed by atoms with Gasteiger partial charge in [-0.15, -0.1) is 24.8 Å². The number of rotatable bonds is 7. The molecule has 0 heterocycles. The number of hydrogen-bond acceptors (Lipinski definition) is 2. The van der Waals surface area contributed by atoms with E-state index < -0.39 is 6.10 Å². The minimum Gasteiger partial charge on any atom is -0.390 e. The number of aliphatic hydroxyl groups excluding tert-OH is 1. The summed E-state index contributed by atoms with van der Waals surface area (Å²) in [6.07, 6.45) is 3.11. The van der Waals surface area contributed by atoms with E-state index >= 15 is 0 Å². The SMILES string of the molecule is C=CCN(CC=C)C(C)C(O)CCl. The van der Waals surface area contributed by atoms with E-state index in [0.717, 1.165) is 13.1 Å². The lowest BCUT2D eigenvalue weighted by Crippen LogP contribution is -2.42. The van der Waals surface area contributed by atoms with Crippen molar-refractivity contribution >= 4 is 11.6 Å². The standard InChI is InChI=1S/C10H18ClNO/c1-4-6-12(7-5-2)9(3)10(13)8-11/h4-5,9-10,13H,1-2,6-8H2,3H3. The molecule has 0 radical (unpaired) electrons. The van der Waals surface area contributed by atoms with Crippen molar-refractivity contribution in [1.29, 1.82) is 0 Å². The zero-order chi connectivity index (χ0) is 10.3. The van der Waals surface area contributed by atoms with E-state index in [4.69, 9.17) is 11.6 Å². The highest BCUT2D eigenvalue weighted by molar-refractivity contribution is 6.18. The van der Waals surface area contributed by atoms with Gasteiger partial charge in [-0.3, -0.25) is 4.90 Å². The van der Waals surface area contributed by atoms with Crippen molar-refractivity contribution in [2.45, 2.75) is 19.1 Å². The predicted molar refractivity (Wildman–Crippen MR) is 58.2 cm³/mol. The van der Waals surface area contributed by atoms with Crippen LogP contribution in [0, 0.1) is 0 Å². The van der Waals surface area contributed by atoms with Crippen LogP contribution in [0.15, 0.2) is 25.3 Å². The van der Waals surface area contributed by atoms with Crippen LogP contribution in [-0.4, -0.2) is 41.1 Å². The van der Waals surface area contributed by atoms with E-state index in [0.29, 0.717) is 0 Å². The molecule has 2 atom stereocenters. The molecule has 2 unspecified atom stereocenters. The molecule has 0 saturated heterocycles. The van der Waals surface area contributed by atoms with Gasteiger partial charge in [0, 0.05) is 25.0 Å². The van der Waals surface area contributed by atoms with Crippen molar-refractivity contribution in [3.63, 3.8) is 0 Å². The number of halogens is 1. The maximum atomic E-state index is 9.51. The van der Waals surface area contributed by atoms with Crippen LogP contribution < -0.4 is 0 Å². The predicted octanol–water partition coefficient (Wildman–Crippen LogP) is 1.65. The van der Waals surface area contributed by atoms with Crippen molar-refractivity contribution in [2.75, 3.05) is 19.0 Å². The molecule has 3 heteroatoms. The first kappa shape index (κ1) is 12.7. The van der Waals surface area contributed by atoms with E-state index in [9.17, 15) is 5.11 Å². The highest BCUT2D eigenvalue weighted by atomic mass is 35.5. The van der Waals surface area contributed by atoms with Crippen molar-refractivity contribution in [3.8, 4) is 0 Å². The highest BCUT2D eigenvalue weighted by Crippen LogP contribution is 2.06. The van der Waals surface area contributed by atoms with Crippen molar-refractivity contribution in [3.05, 3.63) is 25.3 Å². The summed E-state index contributed by atoms with van der Waals surface area (Å²) in [6.45, 7) is 10.7. The molecular weight excluding hydrogens is 186 g/mol. The Morgan fingerprint density at radius 2 is 1.85 bits per heavy atom. The maximum Gasteiger partial charge on any atom is 0.0827 e. The summed E-state index contributed by atoms with van der Waals surface area (Å²) >= 11 is 5.56. The van der Waals surface area contributed by atoms with Crippen LogP contribution in [0.2, 0.25) is 0 Å². The number of nitrogens with zero attached hydrogens (tertiary/aromatic N) is 1. The Morgan fingerprint density at radius 3 is 2.15 bits per heavy atom. The molecule has 0 aliphatic carbocycles. The topological polar surface area (TPSA) is 23.5 Å². The molecule has 0 spiro atoms. The van der Waals surface area contributed by atoms with Crippen LogP contribution in [-0.2, 0) is 0 Å². The van der Waals surface area contributed by atoms with Gasteiger partial charge in [0.25, 0.3) is 0 Å². The van der Waals surface area contributed by atoms with Gasteiger partial charge in [0.1, 0.15) is 0 Å². The molecule has 0 amide bonds. The molecule has 0 aromatic carbocycles. The normalized spacial score (nSPS) is 15.4. The van der Waals surface area contributed by atoms with Crippen LogP contribution in [0.4, 0.5) is 0 Å². The van der Waals surface area contributed by atoms with E-state index in [1.54, 1.807) is 12.2 Å². The molecule has 1 N–H and O–H groups in total. The average molecular weight is 204 g/mol. The molecule has 76 valence electrons. The summed E-state index contributed by atoms with van der Waals surface area (Å²) in [4.78, 5) is 2.06. The van der Waals surface area contributed by atoms with E-state index in [-0.39, 0.29) is 11.9 Å². The van der Waals surface area contributed by atoms with Gasteiger partial charge < -0.3 is 5.11 Å². The van der Waals surface area contributed by atoms with Gasteiger partial charge in [-0.25, -0.2) is 0 Å². The van der Waals surface area contributed by atoms with Gasteiger partial charge in [-0.1, -0.05) is 12.2 Å². The lowest BCUT2D eigenvalue weighted by molar-refractivity contribution is 0.0873. The lowest BCUT2D eigenvalue weighted by Gasteiger charge is -2.29. The van der Waals surface area contributed by atoms with Gasteiger partial charge in [0.2, 0.25) is 0 Å². The summed E-state index contributed by atoms with van der Waals surface area (Å²) in [5.74, 6) is 0.256. The molecule has 0 saturated carbocycles. The quantitative estimate of drug-likeness (QED) is 0.503. The maximum absolute atomic E-state index is 9.51.